The average Bonchev–Trinajstić information content (AvgIpc) is 3.01. The Morgan fingerprint density at radius 3 is 2.50 bits per heavy atom. The fourth-order valence-corrected chi connectivity index (χ4v) is 3.27. The van der Waals surface area contributed by atoms with Gasteiger partial charge in [0.1, 0.15) is 11.6 Å². The summed E-state index contributed by atoms with van der Waals surface area (Å²) in [4.78, 5) is 14.3. The SMILES string of the molecule is CC(C)(C)OC(=O)C1CCCN1CC(O)CC(O)c1ccc(CO)cc1. The number of aliphatic hydroxyl groups is 3. The number of likely N-dealkylation sites (tertiary alicyclic amines) is 1. The van der Waals surface area contributed by atoms with Crippen molar-refractivity contribution in [2.24, 2.45) is 0 Å². The zero-order valence-electron chi connectivity index (χ0n) is 15.9. The summed E-state index contributed by atoms with van der Waals surface area (Å²) in [6, 6.07) is 6.68. The van der Waals surface area contributed by atoms with Crippen molar-refractivity contribution in [1.82, 2.24) is 4.90 Å². The molecule has 1 aliphatic heterocycles. The first kappa shape index (κ1) is 20.8. The number of hydrogen-bond donors (Lipinski definition) is 3. The van der Waals surface area contributed by atoms with Crippen LogP contribution in [0.25, 0.3) is 0 Å². The highest BCUT2D eigenvalue weighted by molar-refractivity contribution is 5.76. The van der Waals surface area contributed by atoms with Gasteiger partial charge >= 0.3 is 5.97 Å². The number of carbonyl (C=O) groups excluding carboxylic acids is 1. The summed E-state index contributed by atoms with van der Waals surface area (Å²) in [7, 11) is 0. The van der Waals surface area contributed by atoms with Crippen molar-refractivity contribution in [1.29, 1.82) is 0 Å². The van der Waals surface area contributed by atoms with Crippen LogP contribution in [0, 0.1) is 0 Å². The Hall–Kier alpha value is -1.47. The monoisotopic (exact) mass is 365 g/mol. The fraction of sp³-hybridized carbons (Fsp3) is 0.650. The summed E-state index contributed by atoms with van der Waals surface area (Å²) in [5.74, 6) is -0.248. The Bertz CT molecular complexity index is 581. The normalized spacial score (nSPS) is 20.8. The van der Waals surface area contributed by atoms with E-state index >= 15 is 0 Å². The van der Waals surface area contributed by atoms with Crippen LogP contribution in [0.3, 0.4) is 0 Å². The van der Waals surface area contributed by atoms with Gasteiger partial charge in [-0.05, 0) is 51.3 Å². The van der Waals surface area contributed by atoms with E-state index in [0.717, 1.165) is 24.9 Å². The third kappa shape index (κ3) is 6.06. The van der Waals surface area contributed by atoms with Gasteiger partial charge in [0.15, 0.2) is 0 Å². The highest BCUT2D eigenvalue weighted by Gasteiger charge is 2.35. The Morgan fingerprint density at radius 2 is 1.92 bits per heavy atom. The van der Waals surface area contributed by atoms with E-state index in [4.69, 9.17) is 9.84 Å². The van der Waals surface area contributed by atoms with Crippen LogP contribution < -0.4 is 0 Å². The first-order chi connectivity index (χ1) is 12.2. The molecular formula is C20H31NO5. The van der Waals surface area contributed by atoms with E-state index < -0.39 is 17.8 Å². The van der Waals surface area contributed by atoms with Crippen molar-refractivity contribution in [2.45, 2.75) is 70.5 Å². The molecule has 6 nitrogen and oxygen atoms in total. The lowest BCUT2D eigenvalue weighted by Gasteiger charge is -2.29. The molecule has 2 rings (SSSR count). The highest BCUT2D eigenvalue weighted by atomic mass is 16.6. The predicted molar refractivity (Wildman–Crippen MR) is 98.4 cm³/mol. The van der Waals surface area contributed by atoms with Gasteiger partial charge in [-0.1, -0.05) is 24.3 Å². The van der Waals surface area contributed by atoms with Crippen LogP contribution >= 0.6 is 0 Å². The van der Waals surface area contributed by atoms with Gasteiger partial charge in [0.25, 0.3) is 0 Å². The minimum absolute atomic E-state index is 0.0417. The second-order valence-corrected chi connectivity index (χ2v) is 7.99. The third-order valence-electron chi connectivity index (χ3n) is 4.53. The molecule has 1 aliphatic rings. The lowest BCUT2D eigenvalue weighted by atomic mass is 10.0. The van der Waals surface area contributed by atoms with E-state index in [1.165, 1.54) is 0 Å². The van der Waals surface area contributed by atoms with Crippen LogP contribution in [-0.2, 0) is 16.1 Å². The van der Waals surface area contributed by atoms with Crippen molar-refractivity contribution in [3.8, 4) is 0 Å². The Labute approximate surface area is 155 Å². The average molecular weight is 365 g/mol. The first-order valence-electron chi connectivity index (χ1n) is 9.22. The van der Waals surface area contributed by atoms with Gasteiger partial charge < -0.3 is 20.1 Å². The molecule has 0 radical (unpaired) electrons. The van der Waals surface area contributed by atoms with Crippen LogP contribution in [-0.4, -0.2) is 57.0 Å². The van der Waals surface area contributed by atoms with E-state index in [9.17, 15) is 15.0 Å². The second kappa shape index (κ2) is 8.95. The molecule has 0 amide bonds. The zero-order chi connectivity index (χ0) is 19.3. The summed E-state index contributed by atoms with van der Waals surface area (Å²) < 4.78 is 5.47. The lowest BCUT2D eigenvalue weighted by molar-refractivity contribution is -0.160. The first-order valence-corrected chi connectivity index (χ1v) is 9.22. The van der Waals surface area contributed by atoms with Crippen molar-refractivity contribution < 1.29 is 24.9 Å². The van der Waals surface area contributed by atoms with E-state index in [1.54, 1.807) is 24.3 Å². The van der Waals surface area contributed by atoms with E-state index in [0.29, 0.717) is 12.1 Å². The van der Waals surface area contributed by atoms with Crippen LogP contribution in [0.1, 0.15) is 57.3 Å². The third-order valence-corrected chi connectivity index (χ3v) is 4.53. The number of aliphatic hydroxyl groups excluding tert-OH is 3. The maximum atomic E-state index is 12.3. The number of esters is 1. The summed E-state index contributed by atoms with van der Waals surface area (Å²) in [6.07, 6.45) is 0.274. The quantitative estimate of drug-likeness (QED) is 0.638. The minimum Gasteiger partial charge on any atom is -0.459 e. The molecule has 1 saturated heterocycles. The number of rotatable bonds is 7. The maximum Gasteiger partial charge on any atom is 0.323 e. The van der Waals surface area contributed by atoms with Crippen LogP contribution in [0.5, 0.6) is 0 Å². The lowest BCUT2D eigenvalue weighted by Crippen LogP contribution is -2.43. The van der Waals surface area contributed by atoms with Gasteiger partial charge in [-0.25, -0.2) is 0 Å². The van der Waals surface area contributed by atoms with Gasteiger partial charge in [0.2, 0.25) is 0 Å². The maximum absolute atomic E-state index is 12.3. The number of β-amino-alcohol motifs (C(OH)–C–C–N with tert-alkyl or cyclic N) is 1. The molecule has 0 spiro atoms. The number of ether oxygens (including phenoxy) is 1. The van der Waals surface area contributed by atoms with Gasteiger partial charge in [0.05, 0.1) is 18.8 Å². The molecule has 1 aromatic rings. The number of benzene rings is 1. The largest absolute Gasteiger partial charge is 0.459 e. The van der Waals surface area contributed by atoms with E-state index in [2.05, 4.69) is 0 Å². The molecule has 3 N–H and O–H groups in total. The Morgan fingerprint density at radius 1 is 1.27 bits per heavy atom. The molecule has 0 aliphatic carbocycles. The van der Waals surface area contributed by atoms with Crippen molar-refractivity contribution in [2.75, 3.05) is 13.1 Å². The molecule has 146 valence electrons. The van der Waals surface area contributed by atoms with Crippen LogP contribution in [0.4, 0.5) is 0 Å². The number of nitrogens with zero attached hydrogens (tertiary/aromatic N) is 1. The standard InChI is InChI=1S/C20H31NO5/c1-20(2,3)26-19(25)17-5-4-10-21(17)12-16(23)11-18(24)15-8-6-14(13-22)7-9-15/h6-9,16-18,22-24H,4-5,10-13H2,1-3H3. The highest BCUT2D eigenvalue weighted by Crippen LogP contribution is 2.24. The Balaban J connectivity index is 1.89. The van der Waals surface area contributed by atoms with Crippen molar-refractivity contribution in [3.63, 3.8) is 0 Å². The number of carbonyl (C=O) groups is 1. The molecule has 0 saturated carbocycles. The van der Waals surface area contributed by atoms with Gasteiger partial charge in [-0.2, -0.15) is 0 Å². The molecule has 1 aromatic carbocycles. The van der Waals surface area contributed by atoms with Gasteiger partial charge in [-0.15, -0.1) is 0 Å². The second-order valence-electron chi connectivity index (χ2n) is 7.99. The molecule has 26 heavy (non-hydrogen) atoms. The van der Waals surface area contributed by atoms with Gasteiger partial charge in [0, 0.05) is 13.0 Å². The molecule has 6 heteroatoms. The zero-order valence-corrected chi connectivity index (χ0v) is 15.9. The predicted octanol–water partition coefficient (Wildman–Crippen LogP) is 1.77. The summed E-state index contributed by atoms with van der Waals surface area (Å²) in [6.45, 7) is 6.56. The van der Waals surface area contributed by atoms with Gasteiger partial charge in [-0.3, -0.25) is 9.69 Å². The molecule has 3 unspecified atom stereocenters. The Kier molecular flexibility index (Phi) is 7.17. The molecular weight excluding hydrogens is 334 g/mol. The molecule has 1 fully saturated rings. The van der Waals surface area contributed by atoms with E-state index in [-0.39, 0.29) is 25.0 Å². The topological polar surface area (TPSA) is 90.2 Å². The smallest absolute Gasteiger partial charge is 0.323 e. The molecule has 0 bridgehead atoms. The van der Waals surface area contributed by atoms with Crippen LogP contribution in [0.2, 0.25) is 0 Å². The van der Waals surface area contributed by atoms with Crippen molar-refractivity contribution in [3.05, 3.63) is 35.4 Å². The fourth-order valence-electron chi connectivity index (χ4n) is 3.27. The minimum atomic E-state index is -0.791. The molecule has 3 atom stereocenters. The summed E-state index contributed by atoms with van der Waals surface area (Å²) in [5.41, 5.74) is 0.950. The molecule has 1 heterocycles. The van der Waals surface area contributed by atoms with E-state index in [1.807, 2.05) is 25.7 Å². The van der Waals surface area contributed by atoms with Crippen LogP contribution in [0.15, 0.2) is 24.3 Å². The number of hydrogen-bond acceptors (Lipinski definition) is 6. The summed E-state index contributed by atoms with van der Waals surface area (Å²) in [5, 5.41) is 29.8. The van der Waals surface area contributed by atoms with Crippen molar-refractivity contribution >= 4 is 5.97 Å². The molecule has 0 aromatic heterocycles. The summed E-state index contributed by atoms with van der Waals surface area (Å²) >= 11 is 0.